The SMILES string of the molecule is COc1cccc(OCc2cc(C3C(C#N)=C(N)OC4=C3C(=O)CC(C)(C)C4)ccc2OC)c1. The maximum Gasteiger partial charge on any atom is 0.205 e. The number of hydrogen-bond acceptors (Lipinski definition) is 7. The molecule has 1 aliphatic heterocycles. The number of benzene rings is 2. The van der Waals surface area contributed by atoms with Gasteiger partial charge in [-0.2, -0.15) is 5.26 Å². The number of nitrogens with zero attached hydrogens (tertiary/aromatic N) is 1. The Morgan fingerprint density at radius 3 is 2.59 bits per heavy atom. The smallest absolute Gasteiger partial charge is 0.205 e. The molecular weight excluding hydrogens is 432 g/mol. The molecule has 0 fully saturated rings. The maximum absolute atomic E-state index is 13.2. The highest BCUT2D eigenvalue weighted by Gasteiger charge is 2.43. The Morgan fingerprint density at radius 2 is 1.88 bits per heavy atom. The number of ether oxygens (including phenoxy) is 4. The van der Waals surface area contributed by atoms with E-state index in [9.17, 15) is 10.1 Å². The van der Waals surface area contributed by atoms with Crippen LogP contribution in [0.3, 0.4) is 0 Å². The van der Waals surface area contributed by atoms with E-state index in [-0.39, 0.29) is 29.3 Å². The number of rotatable bonds is 6. The molecule has 2 N–H and O–H groups in total. The number of allylic oxidation sites excluding steroid dienone is 3. The number of nitriles is 1. The van der Waals surface area contributed by atoms with Gasteiger partial charge >= 0.3 is 0 Å². The van der Waals surface area contributed by atoms with Crippen LogP contribution in [0.25, 0.3) is 0 Å². The van der Waals surface area contributed by atoms with Crippen molar-refractivity contribution >= 4 is 5.78 Å². The van der Waals surface area contributed by atoms with Gasteiger partial charge in [-0.15, -0.1) is 0 Å². The summed E-state index contributed by atoms with van der Waals surface area (Å²) in [5.74, 6) is 1.95. The van der Waals surface area contributed by atoms with E-state index in [2.05, 4.69) is 6.07 Å². The van der Waals surface area contributed by atoms with Crippen LogP contribution in [-0.4, -0.2) is 20.0 Å². The van der Waals surface area contributed by atoms with Gasteiger partial charge in [0.15, 0.2) is 5.78 Å². The molecule has 4 rings (SSSR count). The summed E-state index contributed by atoms with van der Waals surface area (Å²) < 4.78 is 22.6. The first-order valence-corrected chi connectivity index (χ1v) is 11.0. The lowest BCUT2D eigenvalue weighted by Gasteiger charge is -2.37. The number of carbonyl (C=O) groups excluding carboxylic acids is 1. The Bertz CT molecular complexity index is 1240. The zero-order valence-electron chi connectivity index (χ0n) is 19.8. The molecule has 1 aliphatic carbocycles. The Morgan fingerprint density at radius 1 is 1.12 bits per heavy atom. The molecule has 0 saturated heterocycles. The normalized spacial score (nSPS) is 19.1. The van der Waals surface area contributed by atoms with Crippen molar-refractivity contribution in [2.24, 2.45) is 11.1 Å². The zero-order valence-corrected chi connectivity index (χ0v) is 19.8. The molecule has 0 spiro atoms. The van der Waals surface area contributed by atoms with Gasteiger partial charge in [0, 0.05) is 30.0 Å². The molecule has 0 radical (unpaired) electrons. The Balaban J connectivity index is 1.73. The fourth-order valence-corrected chi connectivity index (χ4v) is 4.56. The second-order valence-electron chi connectivity index (χ2n) is 9.24. The van der Waals surface area contributed by atoms with E-state index in [1.165, 1.54) is 0 Å². The average molecular weight is 461 g/mol. The third-order valence-corrected chi connectivity index (χ3v) is 6.15. The molecule has 7 nitrogen and oxygen atoms in total. The molecule has 1 unspecified atom stereocenters. The number of nitrogens with two attached hydrogens (primary N) is 1. The predicted octanol–water partition coefficient (Wildman–Crippen LogP) is 4.73. The molecule has 0 saturated carbocycles. The van der Waals surface area contributed by atoms with Crippen LogP contribution in [0.4, 0.5) is 0 Å². The van der Waals surface area contributed by atoms with E-state index in [1.807, 2.05) is 50.2 Å². The van der Waals surface area contributed by atoms with Crippen LogP contribution in [0.1, 0.15) is 43.7 Å². The van der Waals surface area contributed by atoms with Crippen molar-refractivity contribution < 1.29 is 23.7 Å². The molecule has 7 heteroatoms. The van der Waals surface area contributed by atoms with Gasteiger partial charge in [-0.1, -0.05) is 26.0 Å². The van der Waals surface area contributed by atoms with E-state index in [1.54, 1.807) is 20.3 Å². The Hall–Kier alpha value is -3.92. The van der Waals surface area contributed by atoms with E-state index in [0.717, 1.165) is 11.1 Å². The van der Waals surface area contributed by atoms with Gasteiger partial charge in [0.05, 0.1) is 20.1 Å². The van der Waals surface area contributed by atoms with Gasteiger partial charge < -0.3 is 24.7 Å². The van der Waals surface area contributed by atoms with Gasteiger partial charge in [0.25, 0.3) is 0 Å². The highest BCUT2D eigenvalue weighted by atomic mass is 16.5. The number of Topliss-reactive ketones (excluding diaryl/α,β-unsaturated/α-hetero) is 1. The van der Waals surface area contributed by atoms with Gasteiger partial charge in [0.2, 0.25) is 5.88 Å². The Labute approximate surface area is 199 Å². The monoisotopic (exact) mass is 460 g/mol. The molecule has 0 amide bonds. The van der Waals surface area contributed by atoms with Crippen molar-refractivity contribution in [1.82, 2.24) is 0 Å². The lowest BCUT2D eigenvalue weighted by Crippen LogP contribution is -2.33. The summed E-state index contributed by atoms with van der Waals surface area (Å²) in [7, 11) is 3.19. The quantitative estimate of drug-likeness (QED) is 0.664. The lowest BCUT2D eigenvalue weighted by atomic mass is 9.70. The molecule has 2 aromatic carbocycles. The molecule has 34 heavy (non-hydrogen) atoms. The topological polar surface area (TPSA) is 104 Å². The van der Waals surface area contributed by atoms with Crippen LogP contribution < -0.4 is 19.9 Å². The molecular formula is C27H28N2O5. The molecule has 1 heterocycles. The predicted molar refractivity (Wildman–Crippen MR) is 126 cm³/mol. The standard InChI is InChI=1S/C27H28N2O5/c1-27(2)12-21(30)25-23(13-27)34-26(29)20(14-28)24(25)16-8-9-22(32-4)17(10-16)15-33-19-7-5-6-18(11-19)31-3/h5-11,24H,12-13,15,29H2,1-4H3. The second-order valence-corrected chi connectivity index (χ2v) is 9.24. The second kappa shape index (κ2) is 9.14. The number of methoxy groups -OCH3 is 2. The first kappa shape index (κ1) is 23.2. The van der Waals surface area contributed by atoms with Crippen LogP contribution >= 0.6 is 0 Å². The Kier molecular flexibility index (Phi) is 6.25. The summed E-state index contributed by atoms with van der Waals surface area (Å²) in [5, 5.41) is 9.88. The van der Waals surface area contributed by atoms with E-state index < -0.39 is 5.92 Å². The minimum atomic E-state index is -0.598. The summed E-state index contributed by atoms with van der Waals surface area (Å²) in [4.78, 5) is 13.2. The number of carbonyl (C=O) groups is 1. The van der Waals surface area contributed by atoms with Crippen LogP contribution in [0, 0.1) is 16.7 Å². The van der Waals surface area contributed by atoms with Crippen molar-refractivity contribution in [1.29, 1.82) is 5.26 Å². The molecule has 0 aromatic heterocycles. The van der Waals surface area contributed by atoms with E-state index >= 15 is 0 Å². The van der Waals surface area contributed by atoms with Crippen molar-refractivity contribution in [3.63, 3.8) is 0 Å². The fourth-order valence-electron chi connectivity index (χ4n) is 4.56. The molecule has 176 valence electrons. The first-order chi connectivity index (χ1) is 16.3. The summed E-state index contributed by atoms with van der Waals surface area (Å²) in [6, 6.07) is 15.1. The summed E-state index contributed by atoms with van der Waals surface area (Å²) in [5.41, 5.74) is 8.18. The number of ketones is 1. The first-order valence-electron chi connectivity index (χ1n) is 11.0. The summed E-state index contributed by atoms with van der Waals surface area (Å²) >= 11 is 0. The van der Waals surface area contributed by atoms with Crippen molar-refractivity contribution in [3.8, 4) is 23.3 Å². The largest absolute Gasteiger partial charge is 0.497 e. The van der Waals surface area contributed by atoms with Crippen LogP contribution in [-0.2, 0) is 16.1 Å². The molecule has 2 aliphatic rings. The van der Waals surface area contributed by atoms with Crippen LogP contribution in [0.2, 0.25) is 0 Å². The van der Waals surface area contributed by atoms with Crippen LogP contribution in [0.5, 0.6) is 17.2 Å². The highest BCUT2D eigenvalue weighted by Crippen LogP contribution is 2.48. The summed E-state index contributed by atoms with van der Waals surface area (Å²) in [6.45, 7) is 4.27. The minimum absolute atomic E-state index is 0.0264. The van der Waals surface area contributed by atoms with Crippen molar-refractivity contribution in [3.05, 3.63) is 76.4 Å². The lowest BCUT2D eigenvalue weighted by molar-refractivity contribution is -0.119. The van der Waals surface area contributed by atoms with Gasteiger partial charge in [-0.3, -0.25) is 4.79 Å². The van der Waals surface area contributed by atoms with Crippen molar-refractivity contribution in [2.75, 3.05) is 14.2 Å². The fraction of sp³-hybridized carbons (Fsp3) is 0.333. The molecule has 1 atom stereocenters. The van der Waals surface area contributed by atoms with E-state index in [4.69, 9.17) is 24.7 Å². The van der Waals surface area contributed by atoms with E-state index in [0.29, 0.717) is 41.4 Å². The minimum Gasteiger partial charge on any atom is -0.497 e. The highest BCUT2D eigenvalue weighted by molar-refractivity contribution is 6.00. The van der Waals surface area contributed by atoms with Crippen molar-refractivity contribution in [2.45, 2.75) is 39.2 Å². The number of hydrogen-bond donors (Lipinski definition) is 1. The molecule has 0 bridgehead atoms. The summed E-state index contributed by atoms with van der Waals surface area (Å²) in [6.07, 6.45) is 0.957. The van der Waals surface area contributed by atoms with Gasteiger partial charge in [-0.05, 0) is 35.2 Å². The zero-order chi connectivity index (χ0) is 24.5. The molecule has 2 aromatic rings. The van der Waals surface area contributed by atoms with Crippen LogP contribution in [0.15, 0.2) is 65.3 Å². The third kappa shape index (κ3) is 4.44. The van der Waals surface area contributed by atoms with Gasteiger partial charge in [0.1, 0.15) is 41.3 Å². The maximum atomic E-state index is 13.2. The van der Waals surface area contributed by atoms with Gasteiger partial charge in [-0.25, -0.2) is 0 Å². The average Bonchev–Trinajstić information content (AvgIpc) is 2.81. The third-order valence-electron chi connectivity index (χ3n) is 6.15.